The minimum atomic E-state index is 0.606. The Morgan fingerprint density at radius 1 is 1.57 bits per heavy atom. The van der Waals surface area contributed by atoms with Crippen molar-refractivity contribution in [3.63, 3.8) is 0 Å². The molecule has 14 heavy (non-hydrogen) atoms. The van der Waals surface area contributed by atoms with E-state index in [4.69, 9.17) is 0 Å². The summed E-state index contributed by atoms with van der Waals surface area (Å²) in [5.74, 6) is 0. The molecule has 0 bridgehead atoms. The Kier molecular flexibility index (Phi) is 2.93. The van der Waals surface area contributed by atoms with Crippen LogP contribution in [0.15, 0.2) is 16.8 Å². The van der Waals surface area contributed by atoms with Gasteiger partial charge in [-0.1, -0.05) is 6.92 Å². The number of hydrogen-bond donors (Lipinski definition) is 1. The lowest BCUT2D eigenvalue weighted by Crippen LogP contribution is -2.34. The minimum Gasteiger partial charge on any atom is -0.313 e. The van der Waals surface area contributed by atoms with Crippen LogP contribution in [0.4, 0.5) is 0 Å². The smallest absolute Gasteiger partial charge is 0.00926 e. The van der Waals surface area contributed by atoms with Crippen molar-refractivity contribution in [2.75, 3.05) is 6.54 Å². The molecule has 1 aromatic heterocycles. The second-order valence-electron chi connectivity index (χ2n) is 4.71. The van der Waals surface area contributed by atoms with Gasteiger partial charge in [-0.05, 0) is 60.5 Å². The summed E-state index contributed by atoms with van der Waals surface area (Å²) in [7, 11) is 0. The van der Waals surface area contributed by atoms with Crippen molar-refractivity contribution in [2.24, 2.45) is 5.41 Å². The fraction of sp³-hybridized carbons (Fsp3) is 0.667. The molecule has 1 heterocycles. The van der Waals surface area contributed by atoms with Crippen LogP contribution in [0.1, 0.15) is 32.3 Å². The predicted molar refractivity (Wildman–Crippen MR) is 62.8 cm³/mol. The van der Waals surface area contributed by atoms with E-state index in [2.05, 4.69) is 36.0 Å². The third-order valence-corrected chi connectivity index (χ3v) is 4.26. The zero-order valence-corrected chi connectivity index (χ0v) is 9.86. The molecule has 1 saturated carbocycles. The molecule has 0 aliphatic heterocycles. The van der Waals surface area contributed by atoms with Gasteiger partial charge in [0.1, 0.15) is 0 Å². The van der Waals surface area contributed by atoms with Gasteiger partial charge in [0.2, 0.25) is 0 Å². The molecule has 0 aromatic carbocycles. The van der Waals surface area contributed by atoms with Gasteiger partial charge >= 0.3 is 0 Å². The summed E-state index contributed by atoms with van der Waals surface area (Å²) in [6.45, 7) is 5.82. The average Bonchev–Trinajstić information content (AvgIpc) is 2.73. The van der Waals surface area contributed by atoms with Crippen molar-refractivity contribution in [2.45, 2.75) is 39.2 Å². The maximum absolute atomic E-state index is 3.63. The van der Waals surface area contributed by atoms with E-state index in [9.17, 15) is 0 Å². The zero-order chi connectivity index (χ0) is 10.0. The maximum Gasteiger partial charge on any atom is 0.00926 e. The third-order valence-electron chi connectivity index (χ3n) is 3.53. The van der Waals surface area contributed by atoms with Gasteiger partial charge in [-0.25, -0.2) is 0 Å². The molecule has 78 valence electrons. The molecule has 1 aromatic rings. The largest absolute Gasteiger partial charge is 0.313 e. The van der Waals surface area contributed by atoms with Crippen LogP contribution in [0.2, 0.25) is 0 Å². The first-order chi connectivity index (χ1) is 6.71. The Labute approximate surface area is 90.5 Å². The minimum absolute atomic E-state index is 0.606. The summed E-state index contributed by atoms with van der Waals surface area (Å²) in [6.07, 6.45) is 3.98. The van der Waals surface area contributed by atoms with Crippen molar-refractivity contribution in [3.05, 3.63) is 22.4 Å². The Morgan fingerprint density at radius 2 is 2.36 bits per heavy atom. The first kappa shape index (κ1) is 10.2. The van der Waals surface area contributed by atoms with Crippen molar-refractivity contribution in [1.82, 2.24) is 5.32 Å². The Bertz CT molecular complexity index is 275. The number of thiophene rings is 1. The number of nitrogens with one attached hydrogen (secondary N) is 1. The molecule has 1 unspecified atom stereocenters. The highest BCUT2D eigenvalue weighted by molar-refractivity contribution is 7.07. The quantitative estimate of drug-likeness (QED) is 0.786. The first-order valence-corrected chi connectivity index (χ1v) is 6.39. The zero-order valence-electron chi connectivity index (χ0n) is 9.05. The monoisotopic (exact) mass is 209 g/mol. The fourth-order valence-electron chi connectivity index (χ4n) is 1.74. The summed E-state index contributed by atoms with van der Waals surface area (Å²) < 4.78 is 0. The molecular weight excluding hydrogens is 190 g/mol. The number of rotatable bonds is 5. The summed E-state index contributed by atoms with van der Waals surface area (Å²) in [4.78, 5) is 0. The molecule has 2 rings (SSSR count). The van der Waals surface area contributed by atoms with E-state index in [-0.39, 0.29) is 0 Å². The molecule has 0 spiro atoms. The molecule has 1 aliphatic carbocycles. The second-order valence-corrected chi connectivity index (χ2v) is 5.49. The van der Waals surface area contributed by atoms with E-state index >= 15 is 0 Å². The van der Waals surface area contributed by atoms with E-state index in [0.29, 0.717) is 11.5 Å². The molecule has 0 radical (unpaired) electrons. The van der Waals surface area contributed by atoms with Gasteiger partial charge in [0.15, 0.2) is 0 Å². The molecule has 2 heteroatoms. The van der Waals surface area contributed by atoms with Gasteiger partial charge in [0.25, 0.3) is 0 Å². The van der Waals surface area contributed by atoms with E-state index < -0.39 is 0 Å². The lowest BCUT2D eigenvalue weighted by molar-refractivity contribution is 0.383. The summed E-state index contributed by atoms with van der Waals surface area (Å²) in [6, 6.07) is 2.90. The van der Waals surface area contributed by atoms with E-state index in [0.717, 1.165) is 6.54 Å². The lowest BCUT2D eigenvalue weighted by Gasteiger charge is -2.20. The normalized spacial score (nSPS) is 20.7. The Morgan fingerprint density at radius 3 is 2.93 bits per heavy atom. The van der Waals surface area contributed by atoms with Crippen LogP contribution in [-0.2, 0) is 6.42 Å². The predicted octanol–water partition coefficient (Wildman–Crippen LogP) is 3.07. The van der Waals surface area contributed by atoms with Crippen molar-refractivity contribution >= 4 is 11.3 Å². The molecule has 1 aliphatic rings. The van der Waals surface area contributed by atoms with Crippen molar-refractivity contribution < 1.29 is 0 Å². The highest BCUT2D eigenvalue weighted by Crippen LogP contribution is 2.47. The van der Waals surface area contributed by atoms with Crippen LogP contribution < -0.4 is 5.32 Å². The lowest BCUT2D eigenvalue weighted by atomic mass is 10.0. The van der Waals surface area contributed by atoms with Gasteiger partial charge in [0.05, 0.1) is 0 Å². The summed E-state index contributed by atoms with van der Waals surface area (Å²) >= 11 is 1.79. The van der Waals surface area contributed by atoms with Gasteiger partial charge in [-0.15, -0.1) is 0 Å². The van der Waals surface area contributed by atoms with E-state index in [1.54, 1.807) is 11.3 Å². The van der Waals surface area contributed by atoms with Crippen LogP contribution in [0, 0.1) is 5.41 Å². The SMILES string of the molecule is CC(NCCc1ccsc1)C1(C)CC1. The molecule has 1 atom stereocenters. The summed E-state index contributed by atoms with van der Waals surface area (Å²) in [5, 5.41) is 8.02. The highest BCUT2D eigenvalue weighted by Gasteiger charge is 2.41. The van der Waals surface area contributed by atoms with Crippen LogP contribution in [0.5, 0.6) is 0 Å². The second kappa shape index (κ2) is 4.03. The standard InChI is InChI=1S/C12H19NS/c1-10(12(2)5-6-12)13-7-3-11-4-8-14-9-11/h4,8-10,13H,3,5-7H2,1-2H3. The third kappa shape index (κ3) is 2.37. The molecule has 1 nitrogen and oxygen atoms in total. The molecule has 1 fully saturated rings. The summed E-state index contributed by atoms with van der Waals surface area (Å²) in [5.41, 5.74) is 2.07. The van der Waals surface area contributed by atoms with Crippen LogP contribution >= 0.6 is 11.3 Å². The van der Waals surface area contributed by atoms with Crippen molar-refractivity contribution in [3.8, 4) is 0 Å². The molecule has 0 saturated heterocycles. The van der Waals surface area contributed by atoms with Crippen molar-refractivity contribution in [1.29, 1.82) is 0 Å². The Balaban J connectivity index is 1.68. The highest BCUT2D eigenvalue weighted by atomic mass is 32.1. The average molecular weight is 209 g/mol. The van der Waals surface area contributed by atoms with Crippen LogP contribution in [0.3, 0.4) is 0 Å². The number of hydrogen-bond acceptors (Lipinski definition) is 2. The maximum atomic E-state index is 3.63. The van der Waals surface area contributed by atoms with Gasteiger partial charge in [-0.3, -0.25) is 0 Å². The molecule has 0 amide bonds. The van der Waals surface area contributed by atoms with Gasteiger partial charge in [0, 0.05) is 6.04 Å². The van der Waals surface area contributed by atoms with Gasteiger partial charge < -0.3 is 5.32 Å². The molecule has 1 N–H and O–H groups in total. The van der Waals surface area contributed by atoms with E-state index in [1.807, 2.05) is 0 Å². The van der Waals surface area contributed by atoms with Crippen LogP contribution in [0.25, 0.3) is 0 Å². The molecular formula is C12H19NS. The van der Waals surface area contributed by atoms with Gasteiger partial charge in [-0.2, -0.15) is 11.3 Å². The van der Waals surface area contributed by atoms with Crippen LogP contribution in [-0.4, -0.2) is 12.6 Å². The topological polar surface area (TPSA) is 12.0 Å². The van der Waals surface area contributed by atoms with E-state index in [1.165, 1.54) is 24.8 Å². The Hall–Kier alpha value is -0.340. The fourth-order valence-corrected chi connectivity index (χ4v) is 2.45. The first-order valence-electron chi connectivity index (χ1n) is 5.45.